The van der Waals surface area contributed by atoms with Crippen LogP contribution < -0.4 is 10.2 Å². The summed E-state index contributed by atoms with van der Waals surface area (Å²) in [6.07, 6.45) is 4.54. The van der Waals surface area contributed by atoms with Gasteiger partial charge in [0.2, 0.25) is 0 Å². The second-order valence-electron chi connectivity index (χ2n) is 5.77. The van der Waals surface area contributed by atoms with Crippen molar-refractivity contribution in [2.75, 3.05) is 0 Å². The highest BCUT2D eigenvalue weighted by atomic mass is 16.5. The molecule has 0 saturated heterocycles. The molecule has 1 aromatic heterocycles. The first-order chi connectivity index (χ1) is 13.6. The topological polar surface area (TPSA) is 101 Å². The number of rotatable bonds is 7. The monoisotopic (exact) mass is 375 g/mol. The number of benzene rings is 2. The molecule has 28 heavy (non-hydrogen) atoms. The Morgan fingerprint density at radius 3 is 2.54 bits per heavy atom. The third-order valence-corrected chi connectivity index (χ3v) is 3.81. The summed E-state index contributed by atoms with van der Waals surface area (Å²) >= 11 is 0. The van der Waals surface area contributed by atoms with E-state index < -0.39 is 5.97 Å². The molecular weight excluding hydrogens is 358 g/mol. The fourth-order valence-electron chi connectivity index (χ4n) is 2.35. The van der Waals surface area contributed by atoms with Gasteiger partial charge in [-0.1, -0.05) is 24.3 Å². The van der Waals surface area contributed by atoms with E-state index in [9.17, 15) is 9.59 Å². The fourth-order valence-corrected chi connectivity index (χ4v) is 2.35. The van der Waals surface area contributed by atoms with Gasteiger partial charge in [0.05, 0.1) is 17.3 Å². The molecule has 2 aromatic carbocycles. The Kier molecular flexibility index (Phi) is 6.10. The summed E-state index contributed by atoms with van der Waals surface area (Å²) in [5.41, 5.74) is 4.60. The number of hydrogen-bond acceptors (Lipinski definition) is 5. The maximum atomic E-state index is 12.0. The number of carbonyl (C=O) groups excluding carboxylic acids is 1. The minimum Gasteiger partial charge on any atom is -0.488 e. The minimum absolute atomic E-state index is 0.223. The summed E-state index contributed by atoms with van der Waals surface area (Å²) in [6.45, 7) is 0.271. The highest BCUT2D eigenvalue weighted by Gasteiger charge is 2.05. The van der Waals surface area contributed by atoms with E-state index in [1.54, 1.807) is 36.5 Å². The van der Waals surface area contributed by atoms with Crippen molar-refractivity contribution in [3.05, 3.63) is 95.3 Å². The van der Waals surface area contributed by atoms with Gasteiger partial charge in [0.15, 0.2) is 0 Å². The van der Waals surface area contributed by atoms with E-state index in [4.69, 9.17) is 9.84 Å². The number of ether oxygens (including phenoxy) is 1. The molecule has 0 radical (unpaired) electrons. The molecule has 0 unspecified atom stereocenters. The zero-order valence-corrected chi connectivity index (χ0v) is 14.8. The van der Waals surface area contributed by atoms with E-state index in [1.165, 1.54) is 24.5 Å². The second-order valence-corrected chi connectivity index (χ2v) is 5.77. The maximum Gasteiger partial charge on any atom is 0.335 e. The van der Waals surface area contributed by atoms with Crippen LogP contribution in [0.2, 0.25) is 0 Å². The number of carboxylic acid groups (broad SMARTS) is 1. The van der Waals surface area contributed by atoms with Crippen molar-refractivity contribution in [1.29, 1.82) is 0 Å². The molecule has 140 valence electrons. The van der Waals surface area contributed by atoms with Crippen LogP contribution in [0, 0.1) is 0 Å². The zero-order valence-electron chi connectivity index (χ0n) is 14.8. The van der Waals surface area contributed by atoms with Crippen LogP contribution in [0.15, 0.2) is 78.2 Å². The van der Waals surface area contributed by atoms with Crippen LogP contribution >= 0.6 is 0 Å². The van der Waals surface area contributed by atoms with Gasteiger partial charge in [-0.3, -0.25) is 9.78 Å². The molecule has 7 nitrogen and oxygen atoms in total. The first-order valence-corrected chi connectivity index (χ1v) is 8.41. The smallest absolute Gasteiger partial charge is 0.335 e. The summed E-state index contributed by atoms with van der Waals surface area (Å²) in [5.74, 6) is -0.743. The third kappa shape index (κ3) is 5.01. The lowest BCUT2D eigenvalue weighted by Crippen LogP contribution is -2.17. The number of aromatic nitrogens is 1. The first kappa shape index (κ1) is 18.8. The van der Waals surface area contributed by atoms with Crippen molar-refractivity contribution < 1.29 is 19.4 Å². The normalized spacial score (nSPS) is 10.6. The van der Waals surface area contributed by atoms with Gasteiger partial charge in [0.1, 0.15) is 12.4 Å². The SMILES string of the molecule is O=C(O)c1ccc(COc2ccccc2C=NNC(=O)c2cccnc2)cc1. The van der Waals surface area contributed by atoms with E-state index in [0.29, 0.717) is 16.9 Å². The molecule has 2 N–H and O–H groups in total. The molecule has 0 aliphatic carbocycles. The van der Waals surface area contributed by atoms with Crippen molar-refractivity contribution in [3.63, 3.8) is 0 Å². The molecule has 1 heterocycles. The van der Waals surface area contributed by atoms with Crippen LogP contribution in [-0.2, 0) is 6.61 Å². The Morgan fingerprint density at radius 2 is 1.82 bits per heavy atom. The summed E-state index contributed by atoms with van der Waals surface area (Å²) < 4.78 is 5.80. The fraction of sp³-hybridized carbons (Fsp3) is 0.0476. The number of aromatic carboxylic acids is 1. The van der Waals surface area contributed by atoms with Gasteiger partial charge in [-0.15, -0.1) is 0 Å². The molecule has 0 fully saturated rings. The summed E-state index contributed by atoms with van der Waals surface area (Å²) in [7, 11) is 0. The minimum atomic E-state index is -0.970. The summed E-state index contributed by atoms with van der Waals surface area (Å²) in [5, 5.41) is 12.9. The Labute approximate surface area is 161 Å². The number of nitrogens with zero attached hydrogens (tertiary/aromatic N) is 2. The van der Waals surface area contributed by atoms with E-state index in [1.807, 2.05) is 18.2 Å². The standard InChI is InChI=1S/C21H17N3O4/c25-20(18-5-3-11-22-12-18)24-23-13-17-4-1-2-6-19(17)28-14-15-7-9-16(10-8-15)21(26)27/h1-13H,14H2,(H,24,25)(H,26,27). The number of pyridine rings is 1. The van der Waals surface area contributed by atoms with Crippen molar-refractivity contribution >= 4 is 18.1 Å². The molecule has 1 amide bonds. The number of carboxylic acids is 1. The molecule has 0 aliphatic rings. The van der Waals surface area contributed by atoms with E-state index in [0.717, 1.165) is 5.56 Å². The van der Waals surface area contributed by atoms with Gasteiger partial charge in [-0.25, -0.2) is 10.2 Å². The number of hydrogen-bond donors (Lipinski definition) is 2. The number of nitrogens with one attached hydrogen (secondary N) is 1. The largest absolute Gasteiger partial charge is 0.488 e. The van der Waals surface area contributed by atoms with Crippen LogP contribution in [0.5, 0.6) is 5.75 Å². The number of para-hydroxylation sites is 1. The van der Waals surface area contributed by atoms with Gasteiger partial charge < -0.3 is 9.84 Å². The molecule has 0 saturated carbocycles. The van der Waals surface area contributed by atoms with Crippen molar-refractivity contribution in [3.8, 4) is 5.75 Å². The van der Waals surface area contributed by atoms with E-state index in [2.05, 4.69) is 15.5 Å². The van der Waals surface area contributed by atoms with Crippen molar-refractivity contribution in [1.82, 2.24) is 10.4 Å². The van der Waals surface area contributed by atoms with Gasteiger partial charge in [-0.2, -0.15) is 5.10 Å². The Hall–Kier alpha value is -4.00. The van der Waals surface area contributed by atoms with Gasteiger partial charge in [-0.05, 0) is 42.0 Å². The Balaban J connectivity index is 1.62. The molecule has 0 atom stereocenters. The van der Waals surface area contributed by atoms with Crippen LogP contribution in [-0.4, -0.2) is 28.2 Å². The lowest BCUT2D eigenvalue weighted by molar-refractivity contribution is 0.0696. The van der Waals surface area contributed by atoms with Crippen molar-refractivity contribution in [2.45, 2.75) is 6.61 Å². The predicted molar refractivity (Wildman–Crippen MR) is 103 cm³/mol. The average Bonchev–Trinajstić information content (AvgIpc) is 2.74. The number of amides is 1. The average molecular weight is 375 g/mol. The van der Waals surface area contributed by atoms with Gasteiger partial charge in [0.25, 0.3) is 5.91 Å². The summed E-state index contributed by atoms with van der Waals surface area (Å²) in [6, 6.07) is 17.0. The van der Waals surface area contributed by atoms with Crippen LogP contribution in [0.1, 0.15) is 31.8 Å². The van der Waals surface area contributed by atoms with Crippen molar-refractivity contribution in [2.24, 2.45) is 5.10 Å². The maximum absolute atomic E-state index is 12.0. The Bertz CT molecular complexity index is 986. The highest BCUT2D eigenvalue weighted by molar-refractivity contribution is 5.94. The van der Waals surface area contributed by atoms with Crippen LogP contribution in [0.4, 0.5) is 0 Å². The lowest BCUT2D eigenvalue weighted by atomic mass is 10.1. The second kappa shape index (κ2) is 9.09. The molecule has 3 aromatic rings. The van der Waals surface area contributed by atoms with Gasteiger partial charge in [0, 0.05) is 18.0 Å². The number of carbonyl (C=O) groups is 2. The zero-order chi connectivity index (χ0) is 19.8. The molecule has 0 spiro atoms. The van der Waals surface area contributed by atoms with Crippen LogP contribution in [0.3, 0.4) is 0 Å². The first-order valence-electron chi connectivity index (χ1n) is 8.41. The molecule has 7 heteroatoms. The molecule has 0 aliphatic heterocycles. The van der Waals surface area contributed by atoms with Gasteiger partial charge >= 0.3 is 5.97 Å². The Morgan fingerprint density at radius 1 is 1.04 bits per heavy atom. The molecule has 3 rings (SSSR count). The van der Waals surface area contributed by atoms with E-state index >= 15 is 0 Å². The molecular formula is C21H17N3O4. The predicted octanol–water partition coefficient (Wildman–Crippen LogP) is 3.12. The van der Waals surface area contributed by atoms with Crippen LogP contribution in [0.25, 0.3) is 0 Å². The number of hydrazone groups is 1. The lowest BCUT2D eigenvalue weighted by Gasteiger charge is -2.09. The third-order valence-electron chi connectivity index (χ3n) is 3.81. The summed E-state index contributed by atoms with van der Waals surface area (Å²) in [4.78, 5) is 26.8. The van der Waals surface area contributed by atoms with E-state index in [-0.39, 0.29) is 18.1 Å². The quantitative estimate of drug-likeness (QED) is 0.488. The highest BCUT2D eigenvalue weighted by Crippen LogP contribution is 2.18. The molecule has 0 bridgehead atoms.